The van der Waals surface area contributed by atoms with Gasteiger partial charge >= 0.3 is 23.3 Å². The fourth-order valence-electron chi connectivity index (χ4n) is 3.21. The molecule has 0 amide bonds. The maximum atomic E-state index is 11.0. The van der Waals surface area contributed by atoms with Crippen molar-refractivity contribution in [2.45, 2.75) is 83.9 Å². The van der Waals surface area contributed by atoms with Crippen molar-refractivity contribution in [3.63, 3.8) is 0 Å². The Kier molecular flexibility index (Phi) is 7.71. The van der Waals surface area contributed by atoms with E-state index in [0.717, 1.165) is 18.9 Å². The minimum atomic E-state index is -2.37. The monoisotopic (exact) mass is 424 g/mol. The molecule has 25 heavy (non-hydrogen) atoms. The highest BCUT2D eigenvalue weighted by atomic mass is 28.5. The van der Waals surface area contributed by atoms with Crippen molar-refractivity contribution in [3.05, 3.63) is 0 Å². The minimum absolute atomic E-state index is 0.138. The van der Waals surface area contributed by atoms with Crippen LogP contribution in [0.25, 0.3) is 0 Å². The third-order valence-electron chi connectivity index (χ3n) is 3.34. The number of cyclic esters (lactones) is 2. The summed E-state index contributed by atoms with van der Waals surface area (Å²) >= 11 is 0. The van der Waals surface area contributed by atoms with Crippen LogP contribution < -0.4 is 0 Å². The Balaban J connectivity index is 2.70. The van der Waals surface area contributed by atoms with Crippen LogP contribution >= 0.6 is 0 Å². The molecule has 1 aliphatic heterocycles. The zero-order valence-corrected chi connectivity index (χ0v) is 21.4. The Morgan fingerprint density at radius 3 is 1.92 bits per heavy atom. The van der Waals surface area contributed by atoms with Gasteiger partial charge in [0.25, 0.3) is 0 Å². The maximum absolute atomic E-state index is 11.0. The number of ether oxygens (including phenoxy) is 2. The van der Waals surface area contributed by atoms with E-state index in [4.69, 9.17) is 21.8 Å². The van der Waals surface area contributed by atoms with Crippen LogP contribution in [0.3, 0.4) is 0 Å². The average Bonchev–Trinajstić information content (AvgIpc) is 2.67. The molecule has 0 aliphatic carbocycles. The molecule has 0 aromatic rings. The summed E-state index contributed by atoms with van der Waals surface area (Å²) in [6, 6.07) is 0.872. The van der Waals surface area contributed by atoms with Gasteiger partial charge in [0.15, 0.2) is 16.6 Å². The molecule has 0 aromatic heterocycles. The molecule has 0 saturated carbocycles. The van der Waals surface area contributed by atoms with Crippen LogP contribution in [-0.2, 0) is 21.8 Å². The lowest BCUT2D eigenvalue weighted by molar-refractivity contribution is 0.116. The van der Waals surface area contributed by atoms with E-state index in [1.807, 2.05) is 0 Å². The van der Waals surface area contributed by atoms with Crippen molar-refractivity contribution >= 4 is 39.9 Å². The molecule has 1 aliphatic rings. The van der Waals surface area contributed by atoms with Gasteiger partial charge in [-0.05, 0) is 77.8 Å². The SMILES string of the molecule is C[Si](C)(C)O[Si](C)(C)O[Si](C)(CCCC1COC(=O)O1)O[Si](C)(C)C. The fourth-order valence-corrected chi connectivity index (χ4v) is 21.2. The molecule has 0 aromatic carbocycles. The van der Waals surface area contributed by atoms with Crippen LogP contribution in [0.5, 0.6) is 0 Å². The quantitative estimate of drug-likeness (QED) is 0.371. The van der Waals surface area contributed by atoms with Crippen molar-refractivity contribution in [2.75, 3.05) is 6.61 Å². The molecule has 0 bridgehead atoms. The normalized spacial score (nSPS) is 21.6. The molecule has 2 atom stereocenters. The molecule has 6 nitrogen and oxygen atoms in total. The second-order valence-corrected chi connectivity index (χ2v) is 25.7. The Morgan fingerprint density at radius 1 is 0.920 bits per heavy atom. The van der Waals surface area contributed by atoms with Crippen LogP contribution in [0.1, 0.15) is 12.8 Å². The van der Waals surface area contributed by atoms with Gasteiger partial charge < -0.3 is 21.8 Å². The summed E-state index contributed by atoms with van der Waals surface area (Å²) < 4.78 is 29.5. The van der Waals surface area contributed by atoms with E-state index < -0.39 is 39.9 Å². The molecular formula is C15H36O6Si4. The fraction of sp³-hybridized carbons (Fsp3) is 0.933. The molecule has 0 radical (unpaired) electrons. The summed E-state index contributed by atoms with van der Waals surface area (Å²) in [7, 11) is -8.03. The molecule has 1 saturated heterocycles. The third kappa shape index (κ3) is 10.1. The van der Waals surface area contributed by atoms with Crippen molar-refractivity contribution in [1.29, 1.82) is 0 Å². The van der Waals surface area contributed by atoms with Crippen LogP contribution in [0.15, 0.2) is 0 Å². The van der Waals surface area contributed by atoms with Crippen LogP contribution in [0, 0.1) is 0 Å². The van der Waals surface area contributed by atoms with E-state index in [1.54, 1.807) is 0 Å². The highest BCUT2D eigenvalue weighted by Crippen LogP contribution is 2.29. The molecular weight excluding hydrogens is 389 g/mol. The summed E-state index contributed by atoms with van der Waals surface area (Å²) in [6.07, 6.45) is 0.980. The topological polar surface area (TPSA) is 63.2 Å². The Labute approximate surface area is 157 Å². The number of carbonyl (C=O) groups is 1. The van der Waals surface area contributed by atoms with Gasteiger partial charge in [-0.15, -0.1) is 0 Å². The third-order valence-corrected chi connectivity index (χ3v) is 16.9. The largest absolute Gasteiger partial charge is 0.508 e. The summed E-state index contributed by atoms with van der Waals surface area (Å²) in [5.74, 6) is 0. The van der Waals surface area contributed by atoms with Gasteiger partial charge in [-0.2, -0.15) is 0 Å². The van der Waals surface area contributed by atoms with E-state index in [9.17, 15) is 4.79 Å². The Bertz CT molecular complexity index is 460. The molecule has 0 N–H and O–H groups in total. The van der Waals surface area contributed by atoms with Gasteiger partial charge in [0, 0.05) is 0 Å². The van der Waals surface area contributed by atoms with Crippen molar-refractivity contribution in [1.82, 2.24) is 0 Å². The minimum Gasteiger partial charge on any atom is -0.437 e. The first-order chi connectivity index (χ1) is 11.1. The summed E-state index contributed by atoms with van der Waals surface area (Å²) in [6.45, 7) is 19.9. The molecule has 10 heteroatoms. The van der Waals surface area contributed by atoms with Gasteiger partial charge in [0.2, 0.25) is 0 Å². The summed E-state index contributed by atoms with van der Waals surface area (Å²) in [5.41, 5.74) is 0. The Hall–Kier alpha value is 0.0175. The molecule has 2 unspecified atom stereocenters. The maximum Gasteiger partial charge on any atom is 0.508 e. The highest BCUT2D eigenvalue weighted by molar-refractivity contribution is 6.89. The van der Waals surface area contributed by atoms with Gasteiger partial charge in [-0.1, -0.05) is 0 Å². The van der Waals surface area contributed by atoms with Gasteiger partial charge in [0.05, 0.1) is 0 Å². The molecule has 1 heterocycles. The van der Waals surface area contributed by atoms with E-state index in [1.165, 1.54) is 0 Å². The average molecular weight is 425 g/mol. The van der Waals surface area contributed by atoms with Gasteiger partial charge in [0.1, 0.15) is 12.7 Å². The number of hydrogen-bond acceptors (Lipinski definition) is 6. The van der Waals surface area contributed by atoms with Gasteiger partial charge in [-0.3, -0.25) is 0 Å². The van der Waals surface area contributed by atoms with E-state index in [2.05, 4.69) is 58.9 Å². The zero-order valence-electron chi connectivity index (χ0n) is 17.4. The smallest absolute Gasteiger partial charge is 0.437 e. The number of hydrogen-bond donors (Lipinski definition) is 0. The molecule has 0 spiro atoms. The standard InChI is InChI=1S/C15H36O6Si4/c1-22(2,3)19-24(7,8)21-25(9,20-23(4,5)6)12-10-11-14-13-17-15(16)18-14/h14H,10-13H2,1-9H3. The van der Waals surface area contributed by atoms with Crippen LogP contribution in [0.4, 0.5) is 4.79 Å². The first-order valence-corrected chi connectivity index (χ1v) is 21.2. The lowest BCUT2D eigenvalue weighted by atomic mass is 10.2. The molecule has 148 valence electrons. The number of carbonyl (C=O) groups excluding carboxylic acids is 1. The second kappa shape index (κ2) is 8.36. The molecule has 1 rings (SSSR count). The zero-order chi connectivity index (χ0) is 19.5. The summed E-state index contributed by atoms with van der Waals surface area (Å²) in [5, 5.41) is 0. The second-order valence-electron chi connectivity index (χ2n) is 9.26. The van der Waals surface area contributed by atoms with Gasteiger partial charge in [-0.25, -0.2) is 4.79 Å². The first-order valence-electron chi connectivity index (χ1n) is 9.03. The van der Waals surface area contributed by atoms with Crippen LogP contribution in [-0.4, -0.2) is 52.6 Å². The van der Waals surface area contributed by atoms with E-state index in [0.29, 0.717) is 6.61 Å². The van der Waals surface area contributed by atoms with E-state index >= 15 is 0 Å². The van der Waals surface area contributed by atoms with Crippen molar-refractivity contribution in [3.8, 4) is 0 Å². The lowest BCUT2D eigenvalue weighted by Gasteiger charge is -2.41. The van der Waals surface area contributed by atoms with Crippen LogP contribution in [0.2, 0.25) is 65.0 Å². The Morgan fingerprint density at radius 2 is 1.48 bits per heavy atom. The molecule has 1 fully saturated rings. The van der Waals surface area contributed by atoms with Crippen molar-refractivity contribution in [2.24, 2.45) is 0 Å². The first kappa shape index (κ1) is 23.1. The van der Waals surface area contributed by atoms with E-state index in [-0.39, 0.29) is 6.10 Å². The lowest BCUT2D eigenvalue weighted by Crippen LogP contribution is -2.56. The highest BCUT2D eigenvalue weighted by Gasteiger charge is 2.44. The van der Waals surface area contributed by atoms with Crippen molar-refractivity contribution < 1.29 is 26.6 Å². The predicted octanol–water partition coefficient (Wildman–Crippen LogP) is 4.80. The number of rotatable bonds is 10. The summed E-state index contributed by atoms with van der Waals surface area (Å²) in [4.78, 5) is 11.0. The predicted molar refractivity (Wildman–Crippen MR) is 109 cm³/mol.